The van der Waals surface area contributed by atoms with Crippen LogP contribution in [0.4, 0.5) is 0 Å². The minimum atomic E-state index is -4.03. The van der Waals surface area contributed by atoms with Crippen molar-refractivity contribution in [3.05, 3.63) is 60.7 Å². The van der Waals surface area contributed by atoms with Crippen LogP contribution in [0, 0.1) is 0 Å². The summed E-state index contributed by atoms with van der Waals surface area (Å²) in [6.45, 7) is 3.76. The summed E-state index contributed by atoms with van der Waals surface area (Å²) in [7, 11) is -2.82. The topological polar surface area (TPSA) is 155 Å². The van der Waals surface area contributed by atoms with Crippen LogP contribution >= 0.6 is 0 Å². The van der Waals surface area contributed by atoms with Crippen molar-refractivity contribution in [1.82, 2.24) is 15.7 Å². The molecule has 0 radical (unpaired) electrons. The van der Waals surface area contributed by atoms with E-state index in [1.165, 1.54) is 26.4 Å². The third-order valence-corrected chi connectivity index (χ3v) is 8.35. The van der Waals surface area contributed by atoms with Crippen molar-refractivity contribution in [2.24, 2.45) is 5.16 Å². The Morgan fingerprint density at radius 3 is 2.40 bits per heavy atom. The smallest absolute Gasteiger partial charge is 0.445 e. The zero-order valence-corrected chi connectivity index (χ0v) is 23.9. The molecule has 0 aliphatic rings. The highest BCUT2D eigenvalue weighted by Crippen LogP contribution is 2.24. The van der Waals surface area contributed by atoms with Crippen molar-refractivity contribution in [3.63, 3.8) is 0 Å². The average molecular weight is 599 g/mol. The van der Waals surface area contributed by atoms with E-state index in [1.807, 2.05) is 17.9 Å². The highest BCUT2D eigenvalue weighted by Gasteiger charge is 2.40. The molecule has 3 rings (SSSR count). The molecule has 0 aliphatic carbocycles. The van der Waals surface area contributed by atoms with Gasteiger partial charge in [-0.15, -0.1) is 0 Å². The molecule has 0 fully saturated rings. The monoisotopic (exact) mass is 598 g/mol. The van der Waals surface area contributed by atoms with E-state index in [-0.39, 0.29) is 40.7 Å². The highest BCUT2D eigenvalue weighted by molar-refractivity contribution is 7.91. The van der Waals surface area contributed by atoms with Crippen LogP contribution in [0.15, 0.2) is 85.3 Å². The lowest BCUT2D eigenvalue weighted by Crippen LogP contribution is -2.43. The van der Waals surface area contributed by atoms with Gasteiger partial charge in [-0.05, 0) is 46.2 Å². The maximum absolute atomic E-state index is 13.2. The normalized spacial score (nSPS) is 12.8. The third kappa shape index (κ3) is 8.72. The van der Waals surface area contributed by atoms with Gasteiger partial charge >= 0.3 is 10.9 Å². The number of benzene rings is 2. The predicted molar refractivity (Wildman–Crippen MR) is 141 cm³/mol. The predicted octanol–water partition coefficient (Wildman–Crippen LogP) is 0.775. The zero-order valence-electron chi connectivity index (χ0n) is 22.3. The molecule has 1 heterocycles. The summed E-state index contributed by atoms with van der Waals surface area (Å²) in [6, 6.07) is 16.7. The molecular weight excluding hydrogens is 566 g/mol. The second-order valence-electron chi connectivity index (χ2n) is 7.84. The molecule has 0 spiro atoms. The lowest BCUT2D eigenvalue weighted by atomic mass is 10.4. The number of hydrogen-bond donors (Lipinski definition) is 1. The second-order valence-corrected chi connectivity index (χ2v) is 11.2. The third-order valence-electron chi connectivity index (χ3n) is 5.32. The molecule has 0 saturated heterocycles. The lowest BCUT2D eigenvalue weighted by molar-refractivity contribution is -1.04. The van der Waals surface area contributed by atoms with E-state index in [4.69, 9.17) is 23.9 Å². The number of likely N-dealkylation sites (N-methyl/N-ethyl adjacent to an activating group) is 1. The van der Waals surface area contributed by atoms with Crippen LogP contribution in [0.2, 0.25) is 0 Å². The maximum atomic E-state index is 13.2. The van der Waals surface area contributed by atoms with Gasteiger partial charge in [0.2, 0.25) is 11.1 Å². The first-order chi connectivity index (χ1) is 19.4. The van der Waals surface area contributed by atoms with Gasteiger partial charge in [-0.1, -0.05) is 43.3 Å². The average Bonchev–Trinajstić information content (AvgIpc) is 3.41. The molecule has 0 aliphatic heterocycles. The molecular formula is C24H32N5O9S2+. The van der Waals surface area contributed by atoms with Crippen LogP contribution in [0.25, 0.3) is 0 Å². The zero-order chi connectivity index (χ0) is 28.8. The fourth-order valence-corrected chi connectivity index (χ4v) is 5.67. The van der Waals surface area contributed by atoms with Crippen LogP contribution < -0.4 is 20.1 Å². The van der Waals surface area contributed by atoms with Gasteiger partial charge in [-0.3, -0.25) is 18.9 Å². The Labute approximate surface area is 234 Å². The van der Waals surface area contributed by atoms with E-state index in [2.05, 4.69) is 20.8 Å². The molecule has 1 unspecified atom stereocenters. The highest BCUT2D eigenvalue weighted by atomic mass is 32.2. The standard InChI is InChI=1S/C24H32N5O9S2/c1-4-28(15-17-35-22(25-37-27-33-2)19-39(30)20-11-7-5-8-12-20)16-18-36-23-24(29(34-3)38-26-23)40(31,32)21-13-9-6-10-14-21/h5-14,27H,4,15-19H2,1-3H3/q+1/b25-22+. The van der Waals surface area contributed by atoms with Crippen molar-refractivity contribution in [1.29, 1.82) is 0 Å². The summed E-state index contributed by atoms with van der Waals surface area (Å²) >= 11 is 0. The van der Waals surface area contributed by atoms with Crippen molar-refractivity contribution >= 4 is 26.5 Å². The second kappa shape index (κ2) is 15.9. The van der Waals surface area contributed by atoms with Gasteiger partial charge in [0.05, 0.1) is 22.8 Å². The molecule has 2 aromatic carbocycles. The molecule has 0 amide bonds. The number of hydrogen-bond acceptors (Lipinski definition) is 13. The van der Waals surface area contributed by atoms with E-state index < -0.39 is 20.6 Å². The number of ether oxygens (including phenoxy) is 2. The Hall–Kier alpha value is -3.57. The molecule has 1 N–H and O–H groups in total. The van der Waals surface area contributed by atoms with E-state index in [1.54, 1.807) is 42.5 Å². The summed E-state index contributed by atoms with van der Waals surface area (Å²) in [5.74, 6) is -0.116. The van der Waals surface area contributed by atoms with Crippen LogP contribution in [-0.4, -0.2) is 81.4 Å². The summed E-state index contributed by atoms with van der Waals surface area (Å²) in [5, 5.41) is 7.17. The number of sulfone groups is 1. The fourth-order valence-electron chi connectivity index (χ4n) is 3.32. The van der Waals surface area contributed by atoms with Crippen molar-refractivity contribution in [2.45, 2.75) is 21.7 Å². The Kier molecular flexibility index (Phi) is 12.3. The van der Waals surface area contributed by atoms with Gasteiger partial charge in [0, 0.05) is 18.0 Å². The van der Waals surface area contributed by atoms with Crippen LogP contribution in [0.3, 0.4) is 0 Å². The molecule has 14 nitrogen and oxygen atoms in total. The quantitative estimate of drug-likeness (QED) is 0.101. The molecule has 3 aromatic rings. The van der Waals surface area contributed by atoms with E-state index in [9.17, 15) is 12.6 Å². The van der Waals surface area contributed by atoms with Gasteiger partial charge < -0.3 is 14.3 Å². The van der Waals surface area contributed by atoms with Gasteiger partial charge in [0.15, 0.2) is 4.90 Å². The minimum Gasteiger partial charge on any atom is -0.477 e. The number of rotatable bonds is 17. The molecule has 0 saturated carbocycles. The first-order valence-electron chi connectivity index (χ1n) is 12.1. The van der Waals surface area contributed by atoms with E-state index >= 15 is 0 Å². The van der Waals surface area contributed by atoms with Crippen LogP contribution in [0.1, 0.15) is 6.92 Å². The molecule has 40 heavy (non-hydrogen) atoms. The minimum absolute atomic E-state index is 0.00499. The largest absolute Gasteiger partial charge is 0.477 e. The SMILES string of the molecule is CCN(CCO/C(CS(=O)c1ccccc1)=N/ONOC)CCOc1no[n+](OC)c1S(=O)(=O)c1ccccc1. The molecule has 0 bridgehead atoms. The number of nitrogens with zero attached hydrogens (tertiary/aromatic N) is 4. The first kappa shape index (κ1) is 31.0. The van der Waals surface area contributed by atoms with Crippen molar-refractivity contribution < 1.29 is 46.2 Å². The van der Waals surface area contributed by atoms with E-state index in [0.717, 1.165) is 0 Å². The summed E-state index contributed by atoms with van der Waals surface area (Å²) < 4.78 is 55.4. The molecule has 1 atom stereocenters. The van der Waals surface area contributed by atoms with Crippen LogP contribution in [0.5, 0.6) is 5.88 Å². The Balaban J connectivity index is 1.57. The van der Waals surface area contributed by atoms with Crippen molar-refractivity contribution in [2.75, 3.05) is 52.8 Å². The van der Waals surface area contributed by atoms with Crippen LogP contribution in [-0.2, 0) is 35.1 Å². The van der Waals surface area contributed by atoms with Crippen molar-refractivity contribution in [3.8, 4) is 5.88 Å². The molecule has 218 valence electrons. The lowest BCUT2D eigenvalue weighted by Gasteiger charge is -2.20. The Bertz CT molecular complexity index is 1340. The molecule has 16 heteroatoms. The fraction of sp³-hybridized carbons (Fsp3) is 0.375. The van der Waals surface area contributed by atoms with Gasteiger partial charge in [-0.2, -0.15) is 0 Å². The number of oxime groups is 1. The Morgan fingerprint density at radius 2 is 1.75 bits per heavy atom. The van der Waals surface area contributed by atoms with Gasteiger partial charge in [-0.25, -0.2) is 8.42 Å². The number of nitrogens with one attached hydrogen (secondary N) is 1. The van der Waals surface area contributed by atoms with E-state index in [0.29, 0.717) is 29.4 Å². The van der Waals surface area contributed by atoms with Gasteiger partial charge in [0.25, 0.3) is 9.84 Å². The summed E-state index contributed by atoms with van der Waals surface area (Å²) in [6.07, 6.45) is 0. The molecule has 1 aromatic heterocycles. The first-order valence-corrected chi connectivity index (χ1v) is 14.9. The summed E-state index contributed by atoms with van der Waals surface area (Å²) in [5.41, 5.74) is 2.12. The number of aromatic nitrogens is 2. The Morgan fingerprint density at radius 1 is 1.07 bits per heavy atom. The maximum Gasteiger partial charge on any atom is 0.445 e. The van der Waals surface area contributed by atoms with Gasteiger partial charge in [0.1, 0.15) is 26.1 Å². The summed E-state index contributed by atoms with van der Waals surface area (Å²) in [4.78, 5) is 17.7.